The van der Waals surface area contributed by atoms with Crippen LogP contribution in [0.3, 0.4) is 0 Å². The number of likely N-dealkylation sites (tertiary alicyclic amines) is 2. The van der Waals surface area contributed by atoms with Crippen molar-refractivity contribution >= 4 is 11.8 Å². The molecule has 2 unspecified atom stereocenters. The zero-order valence-corrected chi connectivity index (χ0v) is 21.9. The number of benzene rings is 2. The van der Waals surface area contributed by atoms with Crippen LogP contribution in [0, 0.1) is 24.5 Å². The van der Waals surface area contributed by atoms with Crippen molar-refractivity contribution in [1.82, 2.24) is 15.1 Å². The molecule has 0 aliphatic carbocycles. The number of amides is 2. The first-order valence-corrected chi connectivity index (χ1v) is 12.8. The Bertz CT molecular complexity index is 1140. The van der Waals surface area contributed by atoms with Gasteiger partial charge in [-0.05, 0) is 69.7 Å². The number of halogens is 2. The maximum absolute atomic E-state index is 14.8. The monoisotopic (exact) mass is 497 g/mol. The van der Waals surface area contributed by atoms with E-state index in [-0.39, 0.29) is 35.1 Å². The number of rotatable bonds is 4. The molecule has 0 radical (unpaired) electrons. The van der Waals surface area contributed by atoms with Gasteiger partial charge in [0.25, 0.3) is 5.91 Å². The molecule has 2 aliphatic rings. The molecule has 2 heterocycles. The molecule has 2 amide bonds. The summed E-state index contributed by atoms with van der Waals surface area (Å²) in [6, 6.07) is 9.66. The van der Waals surface area contributed by atoms with Gasteiger partial charge in [-0.25, -0.2) is 8.78 Å². The minimum Gasteiger partial charge on any atom is -0.355 e. The van der Waals surface area contributed by atoms with E-state index in [9.17, 15) is 18.4 Å². The molecule has 36 heavy (non-hydrogen) atoms. The second-order valence-corrected chi connectivity index (χ2v) is 11.2. The van der Waals surface area contributed by atoms with Gasteiger partial charge < -0.3 is 10.2 Å². The van der Waals surface area contributed by atoms with Gasteiger partial charge in [-0.15, -0.1) is 0 Å². The lowest BCUT2D eigenvalue weighted by Crippen LogP contribution is -2.44. The maximum Gasteiger partial charge on any atom is 0.251 e. The summed E-state index contributed by atoms with van der Waals surface area (Å²) < 4.78 is 28.4. The van der Waals surface area contributed by atoms with Crippen LogP contribution in [0.2, 0.25) is 0 Å². The second-order valence-electron chi connectivity index (χ2n) is 11.2. The standard InChI is InChI=1S/C29H37F2N3O2/c1-18-6-8-21(23(14-18)27(35)32-5)19-10-12-33(13-11-19)28(36)25-17-34(29(2,3)4)16-24(25)22-9-7-20(30)15-26(22)31/h6-9,14-15,19,24-25H,10-13,16-17H2,1-5H3,(H,32,35). The smallest absolute Gasteiger partial charge is 0.251 e. The van der Waals surface area contributed by atoms with Crippen LogP contribution < -0.4 is 5.32 Å². The summed E-state index contributed by atoms with van der Waals surface area (Å²) >= 11 is 0. The van der Waals surface area contributed by atoms with Crippen molar-refractivity contribution in [3.8, 4) is 0 Å². The molecule has 2 fully saturated rings. The molecule has 0 spiro atoms. The Hall–Kier alpha value is -2.80. The molecule has 194 valence electrons. The summed E-state index contributed by atoms with van der Waals surface area (Å²) in [6.07, 6.45) is 1.54. The second kappa shape index (κ2) is 10.3. The number of nitrogens with zero attached hydrogens (tertiary/aromatic N) is 2. The van der Waals surface area contributed by atoms with E-state index >= 15 is 0 Å². The first-order valence-electron chi connectivity index (χ1n) is 12.8. The van der Waals surface area contributed by atoms with E-state index in [1.807, 2.05) is 30.0 Å². The SMILES string of the molecule is CNC(=O)c1cc(C)ccc1C1CCN(C(=O)C2CN(C(C)(C)C)CC2c2ccc(F)cc2F)CC1. The topological polar surface area (TPSA) is 52.7 Å². The highest BCUT2D eigenvalue weighted by Crippen LogP contribution is 2.39. The fourth-order valence-electron chi connectivity index (χ4n) is 5.72. The molecular formula is C29H37F2N3O2. The minimum absolute atomic E-state index is 0.0318. The van der Waals surface area contributed by atoms with Gasteiger partial charge in [0.05, 0.1) is 5.92 Å². The number of aryl methyl sites for hydroxylation is 1. The molecule has 2 saturated heterocycles. The average Bonchev–Trinajstić information content (AvgIpc) is 3.29. The molecule has 2 aromatic carbocycles. The number of hydrogen-bond acceptors (Lipinski definition) is 3. The predicted molar refractivity (Wildman–Crippen MR) is 137 cm³/mol. The summed E-state index contributed by atoms with van der Waals surface area (Å²) in [7, 11) is 1.64. The van der Waals surface area contributed by atoms with E-state index in [2.05, 4.69) is 31.0 Å². The Morgan fingerprint density at radius 1 is 0.972 bits per heavy atom. The number of carbonyl (C=O) groups excluding carboxylic acids is 2. The molecule has 2 atom stereocenters. The zero-order chi connectivity index (χ0) is 26.2. The lowest BCUT2D eigenvalue weighted by Gasteiger charge is -2.35. The van der Waals surface area contributed by atoms with Crippen LogP contribution in [0.5, 0.6) is 0 Å². The summed E-state index contributed by atoms with van der Waals surface area (Å²) in [4.78, 5) is 30.4. The van der Waals surface area contributed by atoms with Crippen molar-refractivity contribution in [1.29, 1.82) is 0 Å². The largest absolute Gasteiger partial charge is 0.355 e. The molecule has 5 nitrogen and oxygen atoms in total. The minimum atomic E-state index is -0.612. The first kappa shape index (κ1) is 26.3. The fraction of sp³-hybridized carbons (Fsp3) is 0.517. The summed E-state index contributed by atoms with van der Waals surface area (Å²) in [5, 5.41) is 2.73. The number of nitrogens with one attached hydrogen (secondary N) is 1. The van der Waals surface area contributed by atoms with Gasteiger partial charge in [-0.2, -0.15) is 0 Å². The van der Waals surface area contributed by atoms with Crippen molar-refractivity contribution in [2.45, 2.75) is 57.9 Å². The predicted octanol–water partition coefficient (Wildman–Crippen LogP) is 4.85. The highest BCUT2D eigenvalue weighted by atomic mass is 19.1. The van der Waals surface area contributed by atoms with Gasteiger partial charge in [-0.3, -0.25) is 14.5 Å². The van der Waals surface area contributed by atoms with Crippen molar-refractivity contribution in [2.75, 3.05) is 33.2 Å². The number of carbonyl (C=O) groups is 2. The molecule has 0 aromatic heterocycles. The fourth-order valence-corrected chi connectivity index (χ4v) is 5.72. The van der Waals surface area contributed by atoms with E-state index < -0.39 is 11.6 Å². The molecular weight excluding hydrogens is 460 g/mol. The van der Waals surface area contributed by atoms with E-state index in [0.717, 1.165) is 30.0 Å². The van der Waals surface area contributed by atoms with Crippen LogP contribution in [0.1, 0.15) is 72.5 Å². The lowest BCUT2D eigenvalue weighted by atomic mass is 9.84. The highest BCUT2D eigenvalue weighted by molar-refractivity contribution is 5.96. The molecule has 4 rings (SSSR count). The summed E-state index contributed by atoms with van der Waals surface area (Å²) in [6.45, 7) is 10.5. The third kappa shape index (κ3) is 5.31. The quantitative estimate of drug-likeness (QED) is 0.657. The average molecular weight is 498 g/mol. The van der Waals surface area contributed by atoms with Gasteiger partial charge in [0.2, 0.25) is 5.91 Å². The number of hydrogen-bond donors (Lipinski definition) is 1. The molecule has 2 aliphatic heterocycles. The normalized spacial score (nSPS) is 21.6. The van der Waals surface area contributed by atoms with Crippen LogP contribution in [-0.4, -0.2) is 60.4 Å². The Balaban J connectivity index is 1.52. The molecule has 7 heteroatoms. The van der Waals surface area contributed by atoms with E-state index in [4.69, 9.17) is 0 Å². The molecule has 0 saturated carbocycles. The van der Waals surface area contributed by atoms with E-state index in [1.165, 1.54) is 12.1 Å². The van der Waals surface area contributed by atoms with Gasteiger partial charge in [0, 0.05) is 56.3 Å². The van der Waals surface area contributed by atoms with Crippen molar-refractivity contribution in [3.05, 3.63) is 70.3 Å². The zero-order valence-electron chi connectivity index (χ0n) is 21.9. The van der Waals surface area contributed by atoms with Crippen molar-refractivity contribution < 1.29 is 18.4 Å². The Morgan fingerprint density at radius 3 is 2.25 bits per heavy atom. The van der Waals surface area contributed by atoms with Crippen LogP contribution in [0.25, 0.3) is 0 Å². The molecule has 2 aromatic rings. The lowest BCUT2D eigenvalue weighted by molar-refractivity contribution is -0.136. The van der Waals surface area contributed by atoms with Crippen molar-refractivity contribution in [3.63, 3.8) is 0 Å². The van der Waals surface area contributed by atoms with Crippen molar-refractivity contribution in [2.24, 2.45) is 5.92 Å². The van der Waals surface area contributed by atoms with E-state index in [0.29, 0.717) is 37.3 Å². The van der Waals surface area contributed by atoms with Gasteiger partial charge in [-0.1, -0.05) is 23.8 Å². The van der Waals surface area contributed by atoms with Gasteiger partial charge in [0.15, 0.2) is 0 Å². The summed E-state index contributed by atoms with van der Waals surface area (Å²) in [5.41, 5.74) is 3.00. The number of piperidine rings is 1. The molecule has 0 bridgehead atoms. The Labute approximate surface area is 212 Å². The Kier molecular flexibility index (Phi) is 7.51. The van der Waals surface area contributed by atoms with Crippen LogP contribution in [0.15, 0.2) is 36.4 Å². The highest BCUT2D eigenvalue weighted by Gasteiger charge is 2.44. The third-order valence-corrected chi connectivity index (χ3v) is 7.87. The van der Waals surface area contributed by atoms with Crippen LogP contribution in [0.4, 0.5) is 8.78 Å². The Morgan fingerprint density at radius 2 is 1.64 bits per heavy atom. The first-order chi connectivity index (χ1) is 17.0. The summed E-state index contributed by atoms with van der Waals surface area (Å²) in [5.74, 6) is -1.78. The van der Waals surface area contributed by atoms with Gasteiger partial charge in [0.1, 0.15) is 11.6 Å². The van der Waals surface area contributed by atoms with Crippen LogP contribution >= 0.6 is 0 Å². The third-order valence-electron chi connectivity index (χ3n) is 7.87. The van der Waals surface area contributed by atoms with Gasteiger partial charge >= 0.3 is 0 Å². The maximum atomic E-state index is 14.8. The molecule has 1 N–H and O–H groups in total. The van der Waals surface area contributed by atoms with Crippen LogP contribution in [-0.2, 0) is 4.79 Å². The van der Waals surface area contributed by atoms with E-state index in [1.54, 1.807) is 7.05 Å².